The van der Waals surface area contributed by atoms with Crippen LogP contribution in [0.25, 0.3) is 0 Å². The highest BCUT2D eigenvalue weighted by atomic mass is 16.5. The third kappa shape index (κ3) is 7.90. The number of pyridine rings is 1. The van der Waals surface area contributed by atoms with Crippen LogP contribution in [0.3, 0.4) is 0 Å². The molecule has 3 N–H and O–H groups in total. The number of para-hydroxylation sites is 1. The van der Waals surface area contributed by atoms with E-state index in [0.29, 0.717) is 29.3 Å². The molecule has 10 nitrogen and oxygen atoms in total. The number of aromatic nitrogens is 3. The van der Waals surface area contributed by atoms with Gasteiger partial charge in [0.15, 0.2) is 0 Å². The van der Waals surface area contributed by atoms with Crippen LogP contribution in [0.4, 0.5) is 22.1 Å². The van der Waals surface area contributed by atoms with E-state index in [-0.39, 0.29) is 6.03 Å². The van der Waals surface area contributed by atoms with Gasteiger partial charge in [0.05, 0.1) is 36.4 Å². The molecule has 38 heavy (non-hydrogen) atoms. The van der Waals surface area contributed by atoms with Crippen molar-refractivity contribution in [3.05, 3.63) is 71.3 Å². The number of carbonyl (C=O) groups excluding carboxylic acids is 1. The third-order valence-corrected chi connectivity index (χ3v) is 6.07. The molecule has 3 aromatic rings. The molecule has 2 amide bonds. The van der Waals surface area contributed by atoms with E-state index in [0.717, 1.165) is 56.3 Å². The van der Waals surface area contributed by atoms with Gasteiger partial charge in [-0.05, 0) is 24.6 Å². The fourth-order valence-electron chi connectivity index (χ4n) is 3.95. The minimum atomic E-state index is -0.312. The maximum absolute atomic E-state index is 12.5. The zero-order valence-electron chi connectivity index (χ0n) is 22.1. The standard InChI is InChI=1S/C28H34N8O2/c1-21-23(9-8-22-17-31-27(32-18-22)29-10-11-36-12-14-38-15-13-36)16-25(20-30-21)34-28(37)33-19-24-6-4-5-7-26(24)35(2)3/h4-7,16-18,20H,10-15,19H2,1-3H3,(H,29,31,32)(H2,33,34,37). The Balaban J connectivity index is 1.30. The molecule has 1 fully saturated rings. The molecule has 198 valence electrons. The van der Waals surface area contributed by atoms with Crippen molar-refractivity contribution in [2.75, 3.05) is 69.0 Å². The Morgan fingerprint density at radius 1 is 1.08 bits per heavy atom. The molecule has 0 saturated carbocycles. The SMILES string of the molecule is Cc1ncc(NC(=O)NCc2ccccc2N(C)C)cc1C#Cc1cnc(NCCN2CCOCC2)nc1. The summed E-state index contributed by atoms with van der Waals surface area (Å²) >= 11 is 0. The predicted octanol–water partition coefficient (Wildman–Crippen LogP) is 2.71. The first-order chi connectivity index (χ1) is 18.5. The lowest BCUT2D eigenvalue weighted by Crippen LogP contribution is -2.39. The molecule has 0 spiro atoms. The van der Waals surface area contributed by atoms with Gasteiger partial charge in [0.25, 0.3) is 0 Å². The van der Waals surface area contributed by atoms with Crippen molar-refractivity contribution in [1.82, 2.24) is 25.2 Å². The number of anilines is 3. The van der Waals surface area contributed by atoms with E-state index >= 15 is 0 Å². The van der Waals surface area contributed by atoms with Crippen LogP contribution in [0, 0.1) is 18.8 Å². The third-order valence-electron chi connectivity index (χ3n) is 6.07. The van der Waals surface area contributed by atoms with Gasteiger partial charge in [-0.15, -0.1) is 0 Å². The Morgan fingerprint density at radius 2 is 1.84 bits per heavy atom. The smallest absolute Gasteiger partial charge is 0.319 e. The van der Waals surface area contributed by atoms with E-state index in [4.69, 9.17) is 4.74 Å². The fourth-order valence-corrected chi connectivity index (χ4v) is 3.95. The molecule has 1 aromatic carbocycles. The lowest BCUT2D eigenvalue weighted by molar-refractivity contribution is 0.0398. The summed E-state index contributed by atoms with van der Waals surface area (Å²) in [5.74, 6) is 6.78. The second kappa shape index (κ2) is 13.4. The number of rotatable bonds is 8. The Kier molecular flexibility index (Phi) is 9.45. The first kappa shape index (κ1) is 26.9. The molecule has 0 radical (unpaired) electrons. The number of nitrogens with one attached hydrogen (secondary N) is 3. The number of benzene rings is 1. The van der Waals surface area contributed by atoms with Crippen LogP contribution in [-0.2, 0) is 11.3 Å². The van der Waals surface area contributed by atoms with E-state index in [1.807, 2.05) is 56.3 Å². The summed E-state index contributed by atoms with van der Waals surface area (Å²) in [4.78, 5) is 30.0. The summed E-state index contributed by atoms with van der Waals surface area (Å²) in [6.45, 7) is 7.47. The zero-order valence-corrected chi connectivity index (χ0v) is 22.1. The van der Waals surface area contributed by atoms with E-state index < -0.39 is 0 Å². The molecule has 1 aliphatic rings. The largest absolute Gasteiger partial charge is 0.379 e. The van der Waals surface area contributed by atoms with Gasteiger partial charge in [0, 0.05) is 70.5 Å². The van der Waals surface area contributed by atoms with Crippen LogP contribution >= 0.6 is 0 Å². The maximum Gasteiger partial charge on any atom is 0.319 e. The second-order valence-corrected chi connectivity index (χ2v) is 9.11. The van der Waals surface area contributed by atoms with Crippen LogP contribution in [0.15, 0.2) is 48.9 Å². The molecule has 10 heteroatoms. The number of morpholine rings is 1. The number of hydrogen-bond donors (Lipinski definition) is 3. The van der Waals surface area contributed by atoms with Gasteiger partial charge in [0.2, 0.25) is 5.95 Å². The summed E-state index contributed by atoms with van der Waals surface area (Å²) in [5.41, 5.74) is 4.83. The molecule has 0 atom stereocenters. The number of nitrogens with zero attached hydrogens (tertiary/aromatic N) is 5. The topological polar surface area (TPSA) is 108 Å². The van der Waals surface area contributed by atoms with Crippen molar-refractivity contribution in [3.63, 3.8) is 0 Å². The van der Waals surface area contributed by atoms with E-state index in [1.165, 1.54) is 0 Å². The molecule has 0 aliphatic carbocycles. The first-order valence-electron chi connectivity index (χ1n) is 12.6. The highest BCUT2D eigenvalue weighted by molar-refractivity contribution is 5.89. The summed E-state index contributed by atoms with van der Waals surface area (Å²) in [6, 6.07) is 9.45. The normalized spacial score (nSPS) is 13.2. The van der Waals surface area contributed by atoms with Gasteiger partial charge in [-0.25, -0.2) is 14.8 Å². The van der Waals surface area contributed by atoms with Crippen LogP contribution < -0.4 is 20.9 Å². The summed E-state index contributed by atoms with van der Waals surface area (Å²) < 4.78 is 5.37. The highest BCUT2D eigenvalue weighted by Gasteiger charge is 2.10. The van der Waals surface area contributed by atoms with Crippen molar-refractivity contribution >= 4 is 23.4 Å². The molecule has 1 saturated heterocycles. The van der Waals surface area contributed by atoms with E-state index in [9.17, 15) is 4.79 Å². The molecule has 2 aromatic heterocycles. The molecule has 0 unspecified atom stereocenters. The van der Waals surface area contributed by atoms with Gasteiger partial charge in [-0.1, -0.05) is 30.0 Å². The van der Waals surface area contributed by atoms with Crippen LogP contribution in [0.5, 0.6) is 0 Å². The van der Waals surface area contributed by atoms with Crippen molar-refractivity contribution in [2.45, 2.75) is 13.5 Å². The minimum absolute atomic E-state index is 0.312. The van der Waals surface area contributed by atoms with Gasteiger partial charge in [-0.2, -0.15) is 0 Å². The Labute approximate surface area is 223 Å². The van der Waals surface area contributed by atoms with Crippen LogP contribution in [-0.4, -0.2) is 79.4 Å². The van der Waals surface area contributed by atoms with Crippen molar-refractivity contribution < 1.29 is 9.53 Å². The van der Waals surface area contributed by atoms with Gasteiger partial charge in [0.1, 0.15) is 0 Å². The monoisotopic (exact) mass is 514 g/mol. The predicted molar refractivity (Wildman–Crippen MR) is 149 cm³/mol. The Hall–Kier alpha value is -4.20. The number of amides is 2. The fraction of sp³-hybridized carbons (Fsp3) is 0.357. The van der Waals surface area contributed by atoms with Gasteiger partial charge in [-0.3, -0.25) is 9.88 Å². The zero-order chi connectivity index (χ0) is 26.7. The van der Waals surface area contributed by atoms with E-state index in [2.05, 4.69) is 47.6 Å². The average molecular weight is 515 g/mol. The Bertz CT molecular complexity index is 1280. The van der Waals surface area contributed by atoms with Crippen LogP contribution in [0.2, 0.25) is 0 Å². The molecule has 1 aliphatic heterocycles. The van der Waals surface area contributed by atoms with Gasteiger partial charge >= 0.3 is 6.03 Å². The second-order valence-electron chi connectivity index (χ2n) is 9.11. The van der Waals surface area contributed by atoms with Gasteiger partial charge < -0.3 is 25.6 Å². The highest BCUT2D eigenvalue weighted by Crippen LogP contribution is 2.18. The molecular formula is C28H34N8O2. The molecule has 4 rings (SSSR count). The summed E-state index contributed by atoms with van der Waals surface area (Å²) in [5, 5.41) is 8.99. The molecule has 0 bridgehead atoms. The lowest BCUT2D eigenvalue weighted by Gasteiger charge is -2.26. The number of carbonyl (C=O) groups is 1. The molecule has 3 heterocycles. The summed E-state index contributed by atoms with van der Waals surface area (Å²) in [7, 11) is 3.95. The lowest BCUT2D eigenvalue weighted by atomic mass is 10.1. The Morgan fingerprint density at radius 3 is 2.61 bits per heavy atom. The summed E-state index contributed by atoms with van der Waals surface area (Å²) in [6.07, 6.45) is 5.01. The maximum atomic E-state index is 12.5. The number of urea groups is 1. The van der Waals surface area contributed by atoms with Crippen LogP contribution in [0.1, 0.15) is 22.4 Å². The number of hydrogen-bond acceptors (Lipinski definition) is 8. The first-order valence-corrected chi connectivity index (χ1v) is 12.6. The van der Waals surface area contributed by atoms with Crippen molar-refractivity contribution in [3.8, 4) is 11.8 Å². The average Bonchev–Trinajstić information content (AvgIpc) is 2.93. The van der Waals surface area contributed by atoms with E-state index in [1.54, 1.807) is 18.6 Å². The molecular weight excluding hydrogens is 480 g/mol. The van der Waals surface area contributed by atoms with Crippen molar-refractivity contribution in [1.29, 1.82) is 0 Å². The number of aryl methyl sites for hydroxylation is 1. The number of ether oxygens (including phenoxy) is 1. The minimum Gasteiger partial charge on any atom is -0.379 e. The quantitative estimate of drug-likeness (QED) is 0.394. The van der Waals surface area contributed by atoms with Crippen molar-refractivity contribution in [2.24, 2.45) is 0 Å².